The lowest BCUT2D eigenvalue weighted by atomic mass is 10.1. The third kappa shape index (κ3) is 3.44. The predicted octanol–water partition coefficient (Wildman–Crippen LogP) is 3.34. The monoisotopic (exact) mass is 259 g/mol. The molecule has 2 nitrogen and oxygen atoms in total. The van der Waals surface area contributed by atoms with E-state index >= 15 is 0 Å². The molecule has 0 bridgehead atoms. The van der Waals surface area contributed by atoms with Gasteiger partial charge in [-0.25, -0.2) is 0 Å². The van der Waals surface area contributed by atoms with E-state index in [1.54, 1.807) is 11.3 Å². The Morgan fingerprint density at radius 3 is 2.56 bits per heavy atom. The first-order valence-electron chi connectivity index (χ1n) is 6.04. The fraction of sp³-hybridized carbons (Fsp3) is 0.267. The van der Waals surface area contributed by atoms with Crippen LogP contribution in [0.3, 0.4) is 0 Å². The largest absolute Gasteiger partial charge is 0.352 e. The van der Waals surface area contributed by atoms with Crippen molar-refractivity contribution in [1.82, 2.24) is 5.32 Å². The number of thiophene rings is 1. The van der Waals surface area contributed by atoms with E-state index in [1.165, 1.54) is 4.88 Å². The molecule has 0 aliphatic rings. The average molecular weight is 259 g/mol. The van der Waals surface area contributed by atoms with Crippen molar-refractivity contribution >= 4 is 17.2 Å². The van der Waals surface area contributed by atoms with Crippen LogP contribution in [0.2, 0.25) is 0 Å². The number of hydrogen-bond donors (Lipinski definition) is 1. The summed E-state index contributed by atoms with van der Waals surface area (Å²) in [4.78, 5) is 13.3. The number of aryl methyl sites for hydroxylation is 2. The Labute approximate surface area is 112 Å². The standard InChI is InChI=1S/C15H17NOS/c1-11-8-12(2)10-13(9-11)15(17)16-6-5-14-4-3-7-18-14/h3-4,7-10H,5-6H2,1-2H3,(H,16,17). The van der Waals surface area contributed by atoms with Crippen molar-refractivity contribution in [2.75, 3.05) is 6.54 Å². The summed E-state index contributed by atoms with van der Waals surface area (Å²) in [6.07, 6.45) is 0.897. The van der Waals surface area contributed by atoms with Gasteiger partial charge >= 0.3 is 0 Å². The number of benzene rings is 1. The highest BCUT2D eigenvalue weighted by molar-refractivity contribution is 7.09. The van der Waals surface area contributed by atoms with E-state index in [4.69, 9.17) is 0 Å². The van der Waals surface area contributed by atoms with Crippen molar-refractivity contribution in [3.8, 4) is 0 Å². The van der Waals surface area contributed by atoms with Gasteiger partial charge in [-0.05, 0) is 43.8 Å². The molecule has 1 heterocycles. The van der Waals surface area contributed by atoms with Gasteiger partial charge in [0.1, 0.15) is 0 Å². The topological polar surface area (TPSA) is 29.1 Å². The molecule has 1 aromatic carbocycles. The lowest BCUT2D eigenvalue weighted by molar-refractivity contribution is 0.0954. The van der Waals surface area contributed by atoms with Crippen molar-refractivity contribution in [3.63, 3.8) is 0 Å². The zero-order chi connectivity index (χ0) is 13.0. The molecule has 1 amide bonds. The fourth-order valence-electron chi connectivity index (χ4n) is 1.96. The van der Waals surface area contributed by atoms with Crippen LogP contribution in [-0.4, -0.2) is 12.5 Å². The fourth-order valence-corrected chi connectivity index (χ4v) is 2.67. The third-order valence-corrected chi connectivity index (χ3v) is 3.66. The molecule has 0 atom stereocenters. The number of amides is 1. The van der Waals surface area contributed by atoms with E-state index in [-0.39, 0.29) is 5.91 Å². The summed E-state index contributed by atoms with van der Waals surface area (Å²) in [7, 11) is 0. The van der Waals surface area contributed by atoms with Crippen molar-refractivity contribution in [2.45, 2.75) is 20.3 Å². The first kappa shape index (κ1) is 12.8. The van der Waals surface area contributed by atoms with Crippen LogP contribution in [0.15, 0.2) is 35.7 Å². The lowest BCUT2D eigenvalue weighted by Crippen LogP contribution is -2.25. The minimum atomic E-state index is 0.0124. The minimum absolute atomic E-state index is 0.0124. The average Bonchev–Trinajstić information content (AvgIpc) is 2.80. The second kappa shape index (κ2) is 5.83. The van der Waals surface area contributed by atoms with E-state index in [9.17, 15) is 4.79 Å². The Morgan fingerprint density at radius 2 is 1.94 bits per heavy atom. The van der Waals surface area contributed by atoms with Crippen LogP contribution in [0.5, 0.6) is 0 Å². The third-order valence-electron chi connectivity index (χ3n) is 2.72. The number of rotatable bonds is 4. The maximum Gasteiger partial charge on any atom is 0.251 e. The van der Waals surface area contributed by atoms with Gasteiger partial charge in [0.25, 0.3) is 5.91 Å². The van der Waals surface area contributed by atoms with Crippen molar-refractivity contribution < 1.29 is 4.79 Å². The van der Waals surface area contributed by atoms with Gasteiger partial charge in [0, 0.05) is 17.0 Å². The first-order chi connectivity index (χ1) is 8.65. The lowest BCUT2D eigenvalue weighted by Gasteiger charge is -2.06. The van der Waals surface area contributed by atoms with Crippen LogP contribution in [0.25, 0.3) is 0 Å². The molecule has 0 saturated heterocycles. The molecule has 1 N–H and O–H groups in total. The van der Waals surface area contributed by atoms with Gasteiger partial charge in [-0.15, -0.1) is 11.3 Å². The minimum Gasteiger partial charge on any atom is -0.352 e. The van der Waals surface area contributed by atoms with Crippen molar-refractivity contribution in [2.24, 2.45) is 0 Å². The zero-order valence-electron chi connectivity index (χ0n) is 10.7. The van der Waals surface area contributed by atoms with Gasteiger partial charge in [0.2, 0.25) is 0 Å². The summed E-state index contributed by atoms with van der Waals surface area (Å²) in [5.41, 5.74) is 3.00. The maximum atomic E-state index is 12.0. The molecule has 1 aromatic heterocycles. The second-order valence-corrected chi connectivity index (χ2v) is 5.49. The molecule has 0 spiro atoms. The normalized spacial score (nSPS) is 10.3. The number of nitrogens with one attached hydrogen (secondary N) is 1. The number of carbonyl (C=O) groups excluding carboxylic acids is 1. The highest BCUT2D eigenvalue weighted by Gasteiger charge is 2.06. The number of carbonyl (C=O) groups is 1. The van der Waals surface area contributed by atoms with Gasteiger partial charge in [-0.1, -0.05) is 23.3 Å². The van der Waals surface area contributed by atoms with Crippen LogP contribution in [-0.2, 0) is 6.42 Å². The summed E-state index contributed by atoms with van der Waals surface area (Å²) >= 11 is 1.72. The quantitative estimate of drug-likeness (QED) is 0.896. The molecule has 2 aromatic rings. The summed E-state index contributed by atoms with van der Waals surface area (Å²) in [6, 6.07) is 10.0. The molecule has 0 aliphatic heterocycles. The molecule has 0 saturated carbocycles. The van der Waals surface area contributed by atoms with Crippen LogP contribution < -0.4 is 5.32 Å². The SMILES string of the molecule is Cc1cc(C)cc(C(=O)NCCc2cccs2)c1. The Kier molecular flexibility index (Phi) is 4.15. The molecule has 3 heteroatoms. The molecular formula is C15H17NOS. The molecule has 18 heavy (non-hydrogen) atoms. The molecule has 94 valence electrons. The van der Waals surface area contributed by atoms with Gasteiger partial charge in [0.05, 0.1) is 0 Å². The summed E-state index contributed by atoms with van der Waals surface area (Å²) < 4.78 is 0. The summed E-state index contributed by atoms with van der Waals surface area (Å²) in [5.74, 6) is 0.0124. The maximum absolute atomic E-state index is 12.0. The van der Waals surface area contributed by atoms with Gasteiger partial charge < -0.3 is 5.32 Å². The van der Waals surface area contributed by atoms with E-state index in [0.29, 0.717) is 6.54 Å². The van der Waals surface area contributed by atoms with Crippen molar-refractivity contribution in [3.05, 3.63) is 57.3 Å². The van der Waals surface area contributed by atoms with Crippen LogP contribution in [0, 0.1) is 13.8 Å². The van der Waals surface area contributed by atoms with E-state index in [0.717, 1.165) is 23.1 Å². The molecule has 0 aliphatic carbocycles. The Hall–Kier alpha value is -1.61. The van der Waals surface area contributed by atoms with Crippen LogP contribution in [0.1, 0.15) is 26.4 Å². The number of hydrogen-bond acceptors (Lipinski definition) is 2. The summed E-state index contributed by atoms with van der Waals surface area (Å²) in [6.45, 7) is 4.71. The Morgan fingerprint density at radius 1 is 1.22 bits per heavy atom. The van der Waals surface area contributed by atoms with Crippen LogP contribution >= 0.6 is 11.3 Å². The molecular weight excluding hydrogens is 242 g/mol. The smallest absolute Gasteiger partial charge is 0.251 e. The van der Waals surface area contributed by atoms with E-state index in [2.05, 4.69) is 22.8 Å². The van der Waals surface area contributed by atoms with Gasteiger partial charge in [-0.2, -0.15) is 0 Å². The highest BCUT2D eigenvalue weighted by Crippen LogP contribution is 2.10. The van der Waals surface area contributed by atoms with Crippen molar-refractivity contribution in [1.29, 1.82) is 0 Å². The summed E-state index contributed by atoms with van der Waals surface area (Å²) in [5, 5.41) is 5.02. The van der Waals surface area contributed by atoms with Gasteiger partial charge in [0.15, 0.2) is 0 Å². The van der Waals surface area contributed by atoms with Gasteiger partial charge in [-0.3, -0.25) is 4.79 Å². The van der Waals surface area contributed by atoms with Crippen LogP contribution in [0.4, 0.5) is 0 Å². The first-order valence-corrected chi connectivity index (χ1v) is 6.92. The Balaban J connectivity index is 1.91. The zero-order valence-corrected chi connectivity index (χ0v) is 11.5. The molecule has 0 radical (unpaired) electrons. The Bertz CT molecular complexity index is 511. The molecule has 0 unspecified atom stereocenters. The predicted molar refractivity (Wildman–Crippen MR) is 76.3 cm³/mol. The van der Waals surface area contributed by atoms with E-state index < -0.39 is 0 Å². The van der Waals surface area contributed by atoms with E-state index in [1.807, 2.05) is 32.0 Å². The second-order valence-electron chi connectivity index (χ2n) is 4.46. The molecule has 2 rings (SSSR count). The highest BCUT2D eigenvalue weighted by atomic mass is 32.1. The molecule has 0 fully saturated rings.